The van der Waals surface area contributed by atoms with Gasteiger partial charge in [-0.2, -0.15) is 0 Å². The Morgan fingerprint density at radius 1 is 0.340 bits per heavy atom. The Labute approximate surface area is 273 Å². The number of rotatable bonds is 5. The molecule has 0 radical (unpaired) electrons. The second-order valence-electron chi connectivity index (χ2n) is 11.8. The zero-order valence-corrected chi connectivity index (χ0v) is 25.6. The summed E-state index contributed by atoms with van der Waals surface area (Å²) >= 11 is 0. The molecule has 9 aromatic rings. The summed E-state index contributed by atoms with van der Waals surface area (Å²) in [6.07, 6.45) is 0. The predicted octanol–water partition coefficient (Wildman–Crippen LogP) is 11.4. The first-order valence-electron chi connectivity index (χ1n) is 15.9. The summed E-state index contributed by atoms with van der Waals surface area (Å²) in [5.41, 5.74) is 10.8. The molecule has 2 heterocycles. The van der Waals surface area contributed by atoms with Crippen LogP contribution in [0.5, 0.6) is 0 Å². The van der Waals surface area contributed by atoms with Gasteiger partial charge in [-0.05, 0) is 46.8 Å². The minimum atomic E-state index is 0.707. The standard InChI is InChI=1S/C44H29N3/c1-3-14-30(15-4-1)32-18-13-19-33(28-32)39-29-40(46-44(45-39)31-16-5-2-6-17-31)35-26-27-43(36-21-8-7-20-34(35)36)47-41-24-11-9-22-37(41)38-23-10-12-25-42(38)47/h1-29H. The molecule has 0 saturated carbocycles. The van der Waals surface area contributed by atoms with Gasteiger partial charge in [0, 0.05) is 32.8 Å². The van der Waals surface area contributed by atoms with E-state index in [2.05, 4.69) is 156 Å². The molecule has 0 spiro atoms. The third kappa shape index (κ3) is 4.68. The fourth-order valence-electron chi connectivity index (χ4n) is 6.82. The molecule has 0 bridgehead atoms. The van der Waals surface area contributed by atoms with Gasteiger partial charge in [0.1, 0.15) is 0 Å². The van der Waals surface area contributed by atoms with E-state index in [-0.39, 0.29) is 0 Å². The fourth-order valence-corrected chi connectivity index (χ4v) is 6.82. The molecule has 47 heavy (non-hydrogen) atoms. The van der Waals surface area contributed by atoms with E-state index in [1.165, 1.54) is 32.8 Å². The van der Waals surface area contributed by atoms with E-state index in [1.807, 2.05) is 24.3 Å². The van der Waals surface area contributed by atoms with Crippen LogP contribution in [0, 0.1) is 0 Å². The molecule has 2 aromatic heterocycles. The first-order chi connectivity index (χ1) is 23.3. The van der Waals surface area contributed by atoms with Crippen LogP contribution in [0.4, 0.5) is 0 Å². The molecule has 0 aliphatic heterocycles. The smallest absolute Gasteiger partial charge is 0.160 e. The number of nitrogens with zero attached hydrogens (tertiary/aromatic N) is 3. The van der Waals surface area contributed by atoms with E-state index in [9.17, 15) is 0 Å². The Balaban J connectivity index is 1.27. The van der Waals surface area contributed by atoms with Crippen LogP contribution in [0.1, 0.15) is 0 Å². The Bertz CT molecular complexity index is 2510. The predicted molar refractivity (Wildman–Crippen MR) is 196 cm³/mol. The monoisotopic (exact) mass is 599 g/mol. The molecule has 9 rings (SSSR count). The maximum atomic E-state index is 5.20. The van der Waals surface area contributed by atoms with Gasteiger partial charge in [0.05, 0.1) is 28.1 Å². The topological polar surface area (TPSA) is 30.7 Å². The Hall–Kier alpha value is -6.32. The molecule has 7 aromatic carbocycles. The van der Waals surface area contributed by atoms with Crippen molar-refractivity contribution >= 4 is 32.6 Å². The third-order valence-electron chi connectivity index (χ3n) is 9.02. The first kappa shape index (κ1) is 27.0. The summed E-state index contributed by atoms with van der Waals surface area (Å²) in [5, 5.41) is 4.82. The number of para-hydroxylation sites is 2. The molecule has 3 nitrogen and oxygen atoms in total. The SMILES string of the molecule is c1ccc(-c2cccc(-c3cc(-c4ccc(-n5c6ccccc6c6ccccc65)c5ccccc45)nc(-c4ccccc4)n3)c2)cc1. The fraction of sp³-hybridized carbons (Fsp3) is 0. The van der Waals surface area contributed by atoms with Crippen LogP contribution in [-0.2, 0) is 0 Å². The molecular formula is C44H29N3. The molecule has 0 aliphatic carbocycles. The lowest BCUT2D eigenvalue weighted by Gasteiger charge is -2.16. The van der Waals surface area contributed by atoms with Gasteiger partial charge in [-0.15, -0.1) is 0 Å². The number of hydrogen-bond acceptors (Lipinski definition) is 2. The molecule has 0 unspecified atom stereocenters. The van der Waals surface area contributed by atoms with Gasteiger partial charge in [-0.1, -0.05) is 146 Å². The van der Waals surface area contributed by atoms with Crippen LogP contribution < -0.4 is 0 Å². The average molecular weight is 600 g/mol. The van der Waals surface area contributed by atoms with Crippen molar-refractivity contribution < 1.29 is 0 Å². The van der Waals surface area contributed by atoms with Gasteiger partial charge >= 0.3 is 0 Å². The van der Waals surface area contributed by atoms with E-state index < -0.39 is 0 Å². The highest BCUT2D eigenvalue weighted by atomic mass is 15.0. The lowest BCUT2D eigenvalue weighted by Crippen LogP contribution is -1.99. The number of hydrogen-bond donors (Lipinski definition) is 0. The second kappa shape index (κ2) is 11.2. The van der Waals surface area contributed by atoms with Crippen LogP contribution in [0.15, 0.2) is 176 Å². The summed E-state index contributed by atoms with van der Waals surface area (Å²) in [6, 6.07) is 62.0. The Morgan fingerprint density at radius 2 is 0.872 bits per heavy atom. The van der Waals surface area contributed by atoms with E-state index in [1.54, 1.807) is 0 Å². The average Bonchev–Trinajstić information content (AvgIpc) is 3.49. The van der Waals surface area contributed by atoms with E-state index in [0.29, 0.717) is 5.82 Å². The number of benzene rings is 7. The molecule has 3 heteroatoms. The van der Waals surface area contributed by atoms with Crippen LogP contribution in [0.2, 0.25) is 0 Å². The largest absolute Gasteiger partial charge is 0.309 e. The first-order valence-corrected chi connectivity index (χ1v) is 15.9. The van der Waals surface area contributed by atoms with Crippen molar-refractivity contribution in [3.05, 3.63) is 176 Å². The highest BCUT2D eigenvalue weighted by Gasteiger charge is 2.17. The molecule has 0 N–H and O–H groups in total. The maximum Gasteiger partial charge on any atom is 0.160 e. The van der Waals surface area contributed by atoms with Crippen molar-refractivity contribution in [1.82, 2.24) is 14.5 Å². The summed E-state index contributed by atoms with van der Waals surface area (Å²) in [5.74, 6) is 0.707. The Kier molecular flexibility index (Phi) is 6.46. The van der Waals surface area contributed by atoms with Gasteiger partial charge < -0.3 is 4.57 Å². The highest BCUT2D eigenvalue weighted by molar-refractivity contribution is 6.11. The lowest BCUT2D eigenvalue weighted by atomic mass is 9.97. The quantitative estimate of drug-likeness (QED) is 0.197. The molecule has 0 aliphatic rings. The van der Waals surface area contributed by atoms with Crippen LogP contribution in [-0.4, -0.2) is 14.5 Å². The Morgan fingerprint density at radius 3 is 1.57 bits per heavy atom. The molecule has 220 valence electrons. The van der Waals surface area contributed by atoms with Crippen molar-refractivity contribution in [3.8, 4) is 50.7 Å². The van der Waals surface area contributed by atoms with Crippen LogP contribution in [0.3, 0.4) is 0 Å². The molecule has 0 fully saturated rings. The van der Waals surface area contributed by atoms with Crippen molar-refractivity contribution in [1.29, 1.82) is 0 Å². The summed E-state index contributed by atoms with van der Waals surface area (Å²) < 4.78 is 2.40. The van der Waals surface area contributed by atoms with Gasteiger partial charge in [0.15, 0.2) is 5.82 Å². The minimum Gasteiger partial charge on any atom is -0.309 e. The van der Waals surface area contributed by atoms with E-state index in [4.69, 9.17) is 9.97 Å². The van der Waals surface area contributed by atoms with Gasteiger partial charge in [0.2, 0.25) is 0 Å². The van der Waals surface area contributed by atoms with E-state index >= 15 is 0 Å². The molecular weight excluding hydrogens is 571 g/mol. The van der Waals surface area contributed by atoms with Crippen molar-refractivity contribution in [3.63, 3.8) is 0 Å². The van der Waals surface area contributed by atoms with Crippen molar-refractivity contribution in [2.75, 3.05) is 0 Å². The molecule has 0 amide bonds. The van der Waals surface area contributed by atoms with Crippen LogP contribution >= 0.6 is 0 Å². The van der Waals surface area contributed by atoms with Gasteiger partial charge in [0.25, 0.3) is 0 Å². The number of fused-ring (bicyclic) bond motifs is 4. The zero-order valence-electron chi connectivity index (χ0n) is 25.6. The van der Waals surface area contributed by atoms with Gasteiger partial charge in [-0.3, -0.25) is 0 Å². The third-order valence-corrected chi connectivity index (χ3v) is 9.02. The summed E-state index contributed by atoms with van der Waals surface area (Å²) in [7, 11) is 0. The zero-order chi connectivity index (χ0) is 31.2. The van der Waals surface area contributed by atoms with Crippen molar-refractivity contribution in [2.45, 2.75) is 0 Å². The minimum absolute atomic E-state index is 0.707. The molecule has 0 saturated heterocycles. The van der Waals surface area contributed by atoms with Crippen LogP contribution in [0.25, 0.3) is 83.3 Å². The second-order valence-corrected chi connectivity index (χ2v) is 11.8. The highest BCUT2D eigenvalue weighted by Crippen LogP contribution is 2.38. The summed E-state index contributed by atoms with van der Waals surface area (Å²) in [4.78, 5) is 10.3. The normalized spacial score (nSPS) is 11.4. The lowest BCUT2D eigenvalue weighted by molar-refractivity contribution is 1.18. The van der Waals surface area contributed by atoms with Gasteiger partial charge in [-0.25, -0.2) is 9.97 Å². The van der Waals surface area contributed by atoms with Crippen molar-refractivity contribution in [2.24, 2.45) is 0 Å². The maximum absolute atomic E-state index is 5.20. The van der Waals surface area contributed by atoms with E-state index in [0.717, 1.165) is 44.7 Å². The number of aromatic nitrogens is 3. The molecule has 0 atom stereocenters. The summed E-state index contributed by atoms with van der Waals surface area (Å²) in [6.45, 7) is 0.